The number of nitrogens with one attached hydrogen (secondary N) is 2. The summed E-state index contributed by atoms with van der Waals surface area (Å²) in [4.78, 5) is 7.44. The first-order valence-electron chi connectivity index (χ1n) is 10.8. The van der Waals surface area contributed by atoms with Gasteiger partial charge in [0, 0.05) is 38.3 Å². The molecular formula is C20H36IN7O. The van der Waals surface area contributed by atoms with Crippen LogP contribution in [0.3, 0.4) is 0 Å². The predicted octanol–water partition coefficient (Wildman–Crippen LogP) is 1.97. The number of aliphatic imine (C=N–C) groups is 1. The molecule has 4 rings (SSSR count). The van der Waals surface area contributed by atoms with Crippen LogP contribution in [-0.2, 0) is 18.3 Å². The van der Waals surface area contributed by atoms with Crippen LogP contribution in [-0.4, -0.2) is 70.1 Å². The van der Waals surface area contributed by atoms with Crippen LogP contribution in [0, 0.1) is 6.92 Å². The van der Waals surface area contributed by atoms with Gasteiger partial charge in [-0.2, -0.15) is 0 Å². The summed E-state index contributed by atoms with van der Waals surface area (Å²) in [7, 11) is 4.29. The minimum absolute atomic E-state index is 0. The van der Waals surface area contributed by atoms with E-state index in [0.717, 1.165) is 43.6 Å². The fraction of sp³-hybridized carbons (Fsp3) is 0.850. The highest BCUT2D eigenvalue weighted by atomic mass is 127. The number of guanidine groups is 1. The van der Waals surface area contributed by atoms with Crippen LogP contribution in [0.4, 0.5) is 0 Å². The molecule has 3 fully saturated rings. The van der Waals surface area contributed by atoms with E-state index in [2.05, 4.69) is 32.8 Å². The number of hydrogen-bond acceptors (Lipinski definition) is 5. The largest absolute Gasteiger partial charge is 0.376 e. The molecule has 3 aliphatic heterocycles. The topological polar surface area (TPSA) is 79.6 Å². The van der Waals surface area contributed by atoms with Crippen molar-refractivity contribution in [1.82, 2.24) is 30.3 Å². The molecule has 1 aromatic heterocycles. The van der Waals surface area contributed by atoms with Gasteiger partial charge >= 0.3 is 0 Å². The van der Waals surface area contributed by atoms with E-state index in [1.54, 1.807) is 0 Å². The second-order valence-electron chi connectivity index (χ2n) is 8.62. The Bertz CT molecular complexity index is 674. The predicted molar refractivity (Wildman–Crippen MR) is 125 cm³/mol. The van der Waals surface area contributed by atoms with Gasteiger partial charge in [0.15, 0.2) is 11.8 Å². The average molecular weight is 517 g/mol. The maximum atomic E-state index is 5.77. The number of ether oxygens (including phenoxy) is 1. The molecule has 0 saturated carbocycles. The van der Waals surface area contributed by atoms with Crippen molar-refractivity contribution in [2.24, 2.45) is 12.0 Å². The zero-order valence-corrected chi connectivity index (χ0v) is 20.3. The van der Waals surface area contributed by atoms with Crippen LogP contribution >= 0.6 is 24.0 Å². The molecule has 2 N–H and O–H groups in total. The SMILES string of the molecule is Cc1nnc(CN=C(NCC2CCCO2)NC2CC3CCCC(C2)N3C)n1C.I. The highest BCUT2D eigenvalue weighted by Gasteiger charge is 2.36. The van der Waals surface area contributed by atoms with E-state index in [1.165, 1.54) is 32.1 Å². The first-order chi connectivity index (χ1) is 13.6. The number of halogens is 1. The Balaban J connectivity index is 0.00000240. The van der Waals surface area contributed by atoms with Gasteiger partial charge in [-0.05, 0) is 52.5 Å². The van der Waals surface area contributed by atoms with Gasteiger partial charge in [0.1, 0.15) is 12.4 Å². The van der Waals surface area contributed by atoms with E-state index < -0.39 is 0 Å². The lowest BCUT2D eigenvalue weighted by Gasteiger charge is -2.47. The Morgan fingerprint density at radius 3 is 2.52 bits per heavy atom. The molecule has 3 aliphatic rings. The van der Waals surface area contributed by atoms with Gasteiger partial charge in [-0.15, -0.1) is 34.2 Å². The zero-order chi connectivity index (χ0) is 19.5. The van der Waals surface area contributed by atoms with Crippen molar-refractivity contribution < 1.29 is 4.74 Å². The van der Waals surface area contributed by atoms with E-state index >= 15 is 0 Å². The fourth-order valence-electron chi connectivity index (χ4n) is 4.83. The molecule has 3 atom stereocenters. The second-order valence-corrected chi connectivity index (χ2v) is 8.62. The van der Waals surface area contributed by atoms with E-state index in [9.17, 15) is 0 Å². The molecule has 29 heavy (non-hydrogen) atoms. The number of hydrogen-bond donors (Lipinski definition) is 2. The lowest BCUT2D eigenvalue weighted by Crippen LogP contribution is -2.57. The molecule has 4 heterocycles. The standard InChI is InChI=1S/C20H35N7O.HI/c1-14-24-25-19(26(14)2)13-22-20(21-12-18-8-5-9-28-18)23-15-10-16-6-4-7-17(11-15)27(16)3;/h15-18H,4-13H2,1-3H3,(H2,21,22,23);1H. The number of nitrogens with zero attached hydrogens (tertiary/aromatic N) is 5. The summed E-state index contributed by atoms with van der Waals surface area (Å²) in [6.07, 6.45) is 8.97. The second kappa shape index (κ2) is 10.4. The minimum Gasteiger partial charge on any atom is -0.376 e. The molecule has 0 amide bonds. The lowest BCUT2D eigenvalue weighted by molar-refractivity contribution is 0.0525. The molecule has 3 saturated heterocycles. The van der Waals surface area contributed by atoms with Crippen LogP contribution in [0.1, 0.15) is 56.6 Å². The van der Waals surface area contributed by atoms with Gasteiger partial charge in [-0.25, -0.2) is 4.99 Å². The molecule has 0 spiro atoms. The molecule has 8 nitrogen and oxygen atoms in total. The molecule has 2 bridgehead atoms. The third-order valence-corrected chi connectivity index (χ3v) is 6.76. The number of rotatable bonds is 5. The van der Waals surface area contributed by atoms with Crippen molar-refractivity contribution in [3.05, 3.63) is 11.6 Å². The smallest absolute Gasteiger partial charge is 0.192 e. The normalized spacial score (nSPS) is 30.1. The highest BCUT2D eigenvalue weighted by Crippen LogP contribution is 2.32. The van der Waals surface area contributed by atoms with E-state index in [4.69, 9.17) is 9.73 Å². The van der Waals surface area contributed by atoms with Gasteiger partial charge < -0.3 is 24.8 Å². The minimum atomic E-state index is 0. The molecule has 0 aliphatic carbocycles. The number of fused-ring (bicyclic) bond motifs is 2. The molecule has 0 radical (unpaired) electrons. The van der Waals surface area contributed by atoms with Crippen LogP contribution in [0.25, 0.3) is 0 Å². The summed E-state index contributed by atoms with van der Waals surface area (Å²) in [5, 5.41) is 15.6. The number of piperidine rings is 2. The van der Waals surface area contributed by atoms with Crippen molar-refractivity contribution in [3.63, 3.8) is 0 Å². The quantitative estimate of drug-likeness (QED) is 0.354. The van der Waals surface area contributed by atoms with Crippen molar-refractivity contribution >= 4 is 29.9 Å². The highest BCUT2D eigenvalue weighted by molar-refractivity contribution is 14.0. The molecular weight excluding hydrogens is 481 g/mol. The Kier molecular flexibility index (Phi) is 8.15. The van der Waals surface area contributed by atoms with Gasteiger partial charge in [0.05, 0.1) is 6.10 Å². The summed E-state index contributed by atoms with van der Waals surface area (Å²) >= 11 is 0. The maximum absolute atomic E-state index is 5.77. The zero-order valence-electron chi connectivity index (χ0n) is 17.9. The lowest BCUT2D eigenvalue weighted by atomic mass is 9.82. The average Bonchev–Trinajstić information content (AvgIpc) is 3.29. The van der Waals surface area contributed by atoms with Crippen LogP contribution < -0.4 is 10.6 Å². The molecule has 164 valence electrons. The monoisotopic (exact) mass is 517 g/mol. The first kappa shape index (κ1) is 22.7. The Hall–Kier alpha value is -0.940. The Morgan fingerprint density at radius 2 is 1.90 bits per heavy atom. The summed E-state index contributed by atoms with van der Waals surface area (Å²) in [6, 6.07) is 1.88. The Labute approximate surface area is 191 Å². The van der Waals surface area contributed by atoms with Crippen LogP contribution in [0.2, 0.25) is 0 Å². The summed E-state index contributed by atoms with van der Waals surface area (Å²) in [5.74, 6) is 2.68. The van der Waals surface area contributed by atoms with Crippen molar-refractivity contribution in [1.29, 1.82) is 0 Å². The summed E-state index contributed by atoms with van der Waals surface area (Å²) in [5.41, 5.74) is 0. The molecule has 0 aromatic carbocycles. The first-order valence-corrected chi connectivity index (χ1v) is 10.8. The number of aryl methyl sites for hydroxylation is 1. The van der Waals surface area contributed by atoms with Crippen molar-refractivity contribution in [2.75, 3.05) is 20.2 Å². The van der Waals surface area contributed by atoms with Gasteiger partial charge in [-0.1, -0.05) is 6.42 Å². The van der Waals surface area contributed by atoms with Gasteiger partial charge in [-0.3, -0.25) is 0 Å². The van der Waals surface area contributed by atoms with E-state index in [1.807, 2.05) is 18.5 Å². The molecule has 1 aromatic rings. The van der Waals surface area contributed by atoms with Crippen molar-refractivity contribution in [3.8, 4) is 0 Å². The maximum Gasteiger partial charge on any atom is 0.192 e. The number of aromatic nitrogens is 3. The van der Waals surface area contributed by atoms with Crippen LogP contribution in [0.5, 0.6) is 0 Å². The summed E-state index contributed by atoms with van der Waals surface area (Å²) in [6.45, 7) is 4.18. The third-order valence-electron chi connectivity index (χ3n) is 6.76. The van der Waals surface area contributed by atoms with Gasteiger partial charge in [0.2, 0.25) is 0 Å². The third kappa shape index (κ3) is 5.61. The van der Waals surface area contributed by atoms with Crippen LogP contribution in [0.15, 0.2) is 4.99 Å². The van der Waals surface area contributed by atoms with E-state index in [-0.39, 0.29) is 24.0 Å². The Morgan fingerprint density at radius 1 is 1.14 bits per heavy atom. The van der Waals surface area contributed by atoms with Gasteiger partial charge in [0.25, 0.3) is 0 Å². The molecule has 9 heteroatoms. The summed E-state index contributed by atoms with van der Waals surface area (Å²) < 4.78 is 7.78. The van der Waals surface area contributed by atoms with Crippen molar-refractivity contribution in [2.45, 2.75) is 82.6 Å². The van der Waals surface area contributed by atoms with E-state index in [0.29, 0.717) is 30.8 Å². The fourth-order valence-corrected chi connectivity index (χ4v) is 4.83. The molecule has 3 unspecified atom stereocenters.